The highest BCUT2D eigenvalue weighted by atomic mass is 32.2. The van der Waals surface area contributed by atoms with E-state index in [4.69, 9.17) is 16.3 Å². The minimum atomic E-state index is -4.87. The number of hydrogen-bond acceptors (Lipinski definition) is 12. The predicted octanol–water partition coefficient (Wildman–Crippen LogP) is -1.85. The van der Waals surface area contributed by atoms with E-state index >= 15 is 0 Å². The Hall–Kier alpha value is -3.15. The zero-order chi connectivity index (χ0) is 24.3. The van der Waals surface area contributed by atoms with Crippen LogP contribution in [0.1, 0.15) is 25.2 Å². The van der Waals surface area contributed by atoms with Crippen molar-refractivity contribution in [2.45, 2.75) is 45.0 Å². The number of carbonyl (C=O) groups is 2. The number of oxime groups is 1. The molecular weight excluding hydrogens is 478 g/mol. The summed E-state index contributed by atoms with van der Waals surface area (Å²) in [6.45, 7) is 4.08. The summed E-state index contributed by atoms with van der Waals surface area (Å²) in [6, 6.07) is -2.44. The SMILES string of the molecule is CC(C)ON=C(C(=O)NC1C(=O)N(S(=O)(=O)O)C1Cc1cn(CCN)nn1)c1csc(N)n1. The summed E-state index contributed by atoms with van der Waals surface area (Å²) in [5.41, 5.74) is 11.3. The Balaban J connectivity index is 1.84. The molecule has 0 aromatic carbocycles. The number of anilines is 1. The molecule has 3 rings (SSSR count). The fourth-order valence-electron chi connectivity index (χ4n) is 3.02. The molecule has 15 nitrogen and oxygen atoms in total. The highest BCUT2D eigenvalue weighted by molar-refractivity contribution is 7.84. The molecule has 33 heavy (non-hydrogen) atoms. The molecule has 1 saturated heterocycles. The molecule has 6 N–H and O–H groups in total. The van der Waals surface area contributed by atoms with Crippen LogP contribution in [0.5, 0.6) is 0 Å². The van der Waals surface area contributed by atoms with Crippen molar-refractivity contribution >= 4 is 44.3 Å². The Morgan fingerprint density at radius 2 is 2.18 bits per heavy atom. The molecule has 0 spiro atoms. The first-order chi connectivity index (χ1) is 15.5. The summed E-state index contributed by atoms with van der Waals surface area (Å²) in [6.07, 6.45) is 1.06. The van der Waals surface area contributed by atoms with Gasteiger partial charge in [0.05, 0.1) is 18.3 Å². The van der Waals surface area contributed by atoms with E-state index in [0.29, 0.717) is 18.8 Å². The second-order valence-electron chi connectivity index (χ2n) is 7.26. The predicted molar refractivity (Wildman–Crippen MR) is 116 cm³/mol. The molecule has 0 radical (unpaired) electrons. The van der Waals surface area contributed by atoms with E-state index in [1.807, 2.05) is 0 Å². The maximum atomic E-state index is 12.9. The lowest BCUT2D eigenvalue weighted by molar-refractivity contribution is -0.144. The fourth-order valence-corrected chi connectivity index (χ4v) is 4.45. The molecule has 1 aliphatic heterocycles. The Labute approximate surface area is 192 Å². The molecule has 0 aliphatic carbocycles. The molecule has 3 heterocycles. The monoisotopic (exact) mass is 501 g/mol. The molecule has 2 aromatic rings. The molecule has 1 fully saturated rings. The van der Waals surface area contributed by atoms with Crippen molar-refractivity contribution in [3.63, 3.8) is 0 Å². The molecule has 2 atom stereocenters. The fraction of sp³-hybridized carbons (Fsp3) is 0.500. The molecule has 17 heteroatoms. The summed E-state index contributed by atoms with van der Waals surface area (Å²) < 4.78 is 34.6. The van der Waals surface area contributed by atoms with Gasteiger partial charge in [-0.25, -0.2) is 9.29 Å². The van der Waals surface area contributed by atoms with Gasteiger partial charge >= 0.3 is 10.3 Å². The van der Waals surface area contributed by atoms with E-state index in [0.717, 1.165) is 11.3 Å². The van der Waals surface area contributed by atoms with Crippen LogP contribution in [0.2, 0.25) is 0 Å². The third kappa shape index (κ3) is 5.62. The van der Waals surface area contributed by atoms with Gasteiger partial charge in [0.25, 0.3) is 11.8 Å². The van der Waals surface area contributed by atoms with Gasteiger partial charge in [0.1, 0.15) is 17.8 Å². The van der Waals surface area contributed by atoms with Crippen LogP contribution in [0.15, 0.2) is 16.7 Å². The van der Waals surface area contributed by atoms with E-state index in [-0.39, 0.29) is 33.4 Å². The molecule has 2 amide bonds. The van der Waals surface area contributed by atoms with E-state index in [9.17, 15) is 22.6 Å². The van der Waals surface area contributed by atoms with Crippen LogP contribution in [0.25, 0.3) is 0 Å². The normalized spacial score (nSPS) is 19.0. The lowest BCUT2D eigenvalue weighted by Gasteiger charge is -2.43. The van der Waals surface area contributed by atoms with Crippen LogP contribution in [-0.2, 0) is 37.7 Å². The van der Waals surface area contributed by atoms with Crippen molar-refractivity contribution < 1.29 is 27.4 Å². The molecule has 1 aliphatic rings. The number of hydrogen-bond donors (Lipinski definition) is 4. The number of nitrogens with zero attached hydrogens (tertiary/aromatic N) is 6. The Morgan fingerprint density at radius 1 is 1.45 bits per heavy atom. The van der Waals surface area contributed by atoms with E-state index in [2.05, 4.69) is 25.8 Å². The number of rotatable bonds is 10. The molecular formula is C16H23N9O6S2. The molecule has 180 valence electrons. The average Bonchev–Trinajstić information content (AvgIpc) is 3.34. The van der Waals surface area contributed by atoms with Gasteiger partial charge in [-0.15, -0.1) is 16.4 Å². The van der Waals surface area contributed by atoms with Gasteiger partial charge in [0.15, 0.2) is 10.8 Å². The van der Waals surface area contributed by atoms with Gasteiger partial charge in [0, 0.05) is 24.5 Å². The van der Waals surface area contributed by atoms with Gasteiger partial charge in [-0.3, -0.25) is 18.8 Å². The molecule has 0 saturated carbocycles. The van der Waals surface area contributed by atoms with Gasteiger partial charge in [-0.1, -0.05) is 10.4 Å². The van der Waals surface area contributed by atoms with Crippen molar-refractivity contribution in [1.82, 2.24) is 29.6 Å². The van der Waals surface area contributed by atoms with E-state index in [1.54, 1.807) is 13.8 Å². The quantitative estimate of drug-likeness (QED) is 0.122. The number of amides is 2. The topological polar surface area (TPSA) is 221 Å². The average molecular weight is 502 g/mol. The van der Waals surface area contributed by atoms with Crippen LogP contribution in [0.3, 0.4) is 0 Å². The van der Waals surface area contributed by atoms with Crippen molar-refractivity contribution in [2.24, 2.45) is 10.9 Å². The highest BCUT2D eigenvalue weighted by Gasteiger charge is 2.54. The summed E-state index contributed by atoms with van der Waals surface area (Å²) in [7, 11) is -4.87. The Morgan fingerprint density at radius 3 is 2.76 bits per heavy atom. The summed E-state index contributed by atoms with van der Waals surface area (Å²) in [5.74, 6) is -1.86. The lowest BCUT2D eigenvalue weighted by atomic mass is 9.94. The smallest absolute Gasteiger partial charge is 0.362 e. The number of nitrogen functional groups attached to an aromatic ring is 1. The van der Waals surface area contributed by atoms with Gasteiger partial charge in [0.2, 0.25) is 0 Å². The zero-order valence-electron chi connectivity index (χ0n) is 17.7. The third-order valence-corrected chi connectivity index (χ3v) is 6.02. The highest BCUT2D eigenvalue weighted by Crippen LogP contribution is 2.26. The minimum absolute atomic E-state index is 0.111. The van der Waals surface area contributed by atoms with E-state index in [1.165, 1.54) is 16.3 Å². The van der Waals surface area contributed by atoms with Crippen LogP contribution in [0, 0.1) is 0 Å². The van der Waals surface area contributed by atoms with Crippen molar-refractivity contribution in [2.75, 3.05) is 12.3 Å². The Bertz CT molecular complexity index is 1160. The number of β-lactam (4-membered cyclic amide) rings is 1. The van der Waals surface area contributed by atoms with Crippen molar-refractivity contribution in [3.05, 3.63) is 23.0 Å². The molecule has 2 unspecified atom stereocenters. The summed E-state index contributed by atoms with van der Waals surface area (Å²) in [4.78, 5) is 34.6. The van der Waals surface area contributed by atoms with Gasteiger partial charge < -0.3 is 21.6 Å². The molecule has 2 aromatic heterocycles. The minimum Gasteiger partial charge on any atom is -0.392 e. The van der Waals surface area contributed by atoms with Crippen molar-refractivity contribution in [1.29, 1.82) is 0 Å². The van der Waals surface area contributed by atoms with Crippen LogP contribution in [-0.4, -0.2) is 79.5 Å². The standard InChI is InChI=1S/C16H23N9O6S2/c1-8(2)31-22-12(10-7-32-16(18)19-10)14(26)20-13-11(25(15(13)27)33(28,29)30)5-9-6-24(4-3-17)23-21-9/h6-8,11,13H,3-5,17H2,1-2H3,(H2,18,19)(H,20,26)(H,28,29,30). The molecule has 0 bridgehead atoms. The zero-order valence-corrected chi connectivity index (χ0v) is 19.3. The first-order valence-electron chi connectivity index (χ1n) is 9.67. The number of aromatic nitrogens is 4. The van der Waals surface area contributed by atoms with E-state index < -0.39 is 34.2 Å². The van der Waals surface area contributed by atoms with Crippen LogP contribution in [0.4, 0.5) is 5.13 Å². The number of nitrogens with one attached hydrogen (secondary N) is 1. The first kappa shape index (κ1) is 24.5. The van der Waals surface area contributed by atoms with Gasteiger partial charge in [-0.05, 0) is 13.8 Å². The van der Waals surface area contributed by atoms with Gasteiger partial charge in [-0.2, -0.15) is 8.42 Å². The summed E-state index contributed by atoms with van der Waals surface area (Å²) >= 11 is 1.07. The Kier molecular flexibility index (Phi) is 7.25. The maximum Gasteiger partial charge on any atom is 0.362 e. The number of carbonyl (C=O) groups excluding carboxylic acids is 2. The van der Waals surface area contributed by atoms with Crippen LogP contribution >= 0.6 is 11.3 Å². The van der Waals surface area contributed by atoms with Crippen LogP contribution < -0.4 is 16.8 Å². The maximum absolute atomic E-state index is 12.9. The second kappa shape index (κ2) is 9.77. The number of thiazole rings is 1. The third-order valence-electron chi connectivity index (χ3n) is 4.40. The lowest BCUT2D eigenvalue weighted by Crippen LogP contribution is -2.73. The largest absolute Gasteiger partial charge is 0.392 e. The first-order valence-corrected chi connectivity index (χ1v) is 11.9. The van der Waals surface area contributed by atoms with Crippen molar-refractivity contribution in [3.8, 4) is 0 Å². The summed E-state index contributed by atoms with van der Waals surface area (Å²) in [5, 5.41) is 15.7. The second-order valence-corrected chi connectivity index (χ2v) is 9.44. The number of nitrogens with two attached hydrogens (primary N) is 2.